The third-order valence-corrected chi connectivity index (χ3v) is 5.16. The molecule has 2 aromatic heterocycles. The third-order valence-electron chi connectivity index (χ3n) is 3.29. The van der Waals surface area contributed by atoms with Crippen molar-refractivity contribution in [1.82, 2.24) is 20.0 Å². The van der Waals surface area contributed by atoms with E-state index in [4.69, 9.17) is 0 Å². The Balaban J connectivity index is 1.79. The van der Waals surface area contributed by atoms with E-state index in [1.54, 1.807) is 0 Å². The summed E-state index contributed by atoms with van der Waals surface area (Å²) < 4.78 is 55.8. The van der Waals surface area contributed by atoms with E-state index < -0.39 is 41.3 Å². The molecule has 0 unspecified atom stereocenters. The summed E-state index contributed by atoms with van der Waals surface area (Å²) in [5, 5.41) is 12.6. The first-order chi connectivity index (χ1) is 12.3. The second-order valence-corrected chi connectivity index (χ2v) is 6.59. The Kier molecular flexibility index (Phi) is 5.14. The molecule has 0 aliphatic carbocycles. The van der Waals surface area contributed by atoms with Crippen LogP contribution in [0.5, 0.6) is 0 Å². The first-order valence-electron chi connectivity index (χ1n) is 6.84. The lowest BCUT2D eigenvalue weighted by Gasteiger charge is -2.07. The SMILES string of the molecule is O=C(Nc1ccn(Cc2c(F)c(F)cc(F)c2F)n1)c1n[nH]c(Br)c1Br. The molecular formula is C14H7Br2F4N5O. The van der Waals surface area contributed by atoms with Crippen molar-refractivity contribution < 1.29 is 22.4 Å². The van der Waals surface area contributed by atoms with Gasteiger partial charge >= 0.3 is 0 Å². The van der Waals surface area contributed by atoms with Gasteiger partial charge in [-0.15, -0.1) is 0 Å². The van der Waals surface area contributed by atoms with Crippen LogP contribution in [0.3, 0.4) is 0 Å². The normalized spacial score (nSPS) is 11.0. The highest BCUT2D eigenvalue weighted by Crippen LogP contribution is 2.24. The van der Waals surface area contributed by atoms with E-state index in [0.29, 0.717) is 9.08 Å². The Morgan fingerprint density at radius 2 is 1.85 bits per heavy atom. The molecule has 0 fully saturated rings. The minimum absolute atomic E-state index is 0.0516. The van der Waals surface area contributed by atoms with Gasteiger partial charge in [0.2, 0.25) is 0 Å². The van der Waals surface area contributed by atoms with E-state index in [2.05, 4.69) is 52.5 Å². The molecule has 2 N–H and O–H groups in total. The van der Waals surface area contributed by atoms with Crippen molar-refractivity contribution in [2.24, 2.45) is 0 Å². The fourth-order valence-corrected chi connectivity index (χ4v) is 2.71. The maximum atomic E-state index is 13.7. The van der Waals surface area contributed by atoms with Gasteiger partial charge in [0.15, 0.2) is 34.8 Å². The lowest BCUT2D eigenvalue weighted by atomic mass is 10.2. The summed E-state index contributed by atoms with van der Waals surface area (Å²) in [7, 11) is 0. The summed E-state index contributed by atoms with van der Waals surface area (Å²) in [5.41, 5.74) is -0.766. The highest BCUT2D eigenvalue weighted by Gasteiger charge is 2.20. The van der Waals surface area contributed by atoms with E-state index in [9.17, 15) is 22.4 Å². The number of aromatic amines is 1. The zero-order chi connectivity index (χ0) is 19.0. The average molecular weight is 497 g/mol. The number of nitrogens with zero attached hydrogens (tertiary/aromatic N) is 3. The molecule has 1 aromatic carbocycles. The van der Waals surface area contributed by atoms with Crippen molar-refractivity contribution >= 4 is 43.6 Å². The maximum Gasteiger partial charge on any atom is 0.278 e. The van der Waals surface area contributed by atoms with E-state index in [0.717, 1.165) is 4.68 Å². The van der Waals surface area contributed by atoms with Crippen LogP contribution in [-0.2, 0) is 6.54 Å². The number of carbonyl (C=O) groups excluding carboxylic acids is 1. The van der Waals surface area contributed by atoms with Gasteiger partial charge in [-0.2, -0.15) is 10.2 Å². The molecule has 12 heteroatoms. The minimum Gasteiger partial charge on any atom is -0.304 e. The molecule has 26 heavy (non-hydrogen) atoms. The number of halogens is 6. The van der Waals surface area contributed by atoms with Crippen molar-refractivity contribution in [2.75, 3.05) is 5.32 Å². The van der Waals surface area contributed by atoms with Gasteiger partial charge in [0.25, 0.3) is 5.91 Å². The number of nitrogens with one attached hydrogen (secondary N) is 2. The number of carbonyl (C=O) groups is 1. The van der Waals surface area contributed by atoms with E-state index >= 15 is 0 Å². The van der Waals surface area contributed by atoms with Crippen molar-refractivity contribution in [3.05, 3.63) is 61.9 Å². The lowest BCUT2D eigenvalue weighted by Crippen LogP contribution is -2.14. The number of hydrogen-bond donors (Lipinski definition) is 2. The van der Waals surface area contributed by atoms with Gasteiger partial charge in [-0.3, -0.25) is 14.6 Å². The largest absolute Gasteiger partial charge is 0.304 e. The molecule has 3 aromatic rings. The number of benzene rings is 1. The smallest absolute Gasteiger partial charge is 0.278 e. The van der Waals surface area contributed by atoms with Crippen LogP contribution in [0, 0.1) is 23.3 Å². The summed E-state index contributed by atoms with van der Waals surface area (Å²) in [6, 6.07) is 1.47. The van der Waals surface area contributed by atoms with Gasteiger partial charge in [-0.1, -0.05) is 0 Å². The molecule has 0 aliphatic rings. The first-order valence-corrected chi connectivity index (χ1v) is 8.42. The summed E-state index contributed by atoms with van der Waals surface area (Å²) in [6.45, 7) is -0.570. The fourth-order valence-electron chi connectivity index (χ4n) is 2.07. The minimum atomic E-state index is -1.51. The van der Waals surface area contributed by atoms with Gasteiger partial charge in [0.05, 0.1) is 16.6 Å². The van der Waals surface area contributed by atoms with Crippen LogP contribution in [0.1, 0.15) is 16.1 Å². The van der Waals surface area contributed by atoms with Crippen LogP contribution in [0.2, 0.25) is 0 Å². The Bertz CT molecular complexity index is 977. The number of anilines is 1. The van der Waals surface area contributed by atoms with E-state index in [1.165, 1.54) is 12.3 Å². The van der Waals surface area contributed by atoms with Crippen molar-refractivity contribution in [3.8, 4) is 0 Å². The highest BCUT2D eigenvalue weighted by molar-refractivity contribution is 9.13. The predicted octanol–water partition coefficient (Wildman–Crippen LogP) is 3.99. The quantitative estimate of drug-likeness (QED) is 0.423. The third kappa shape index (κ3) is 3.51. The van der Waals surface area contributed by atoms with Crippen LogP contribution < -0.4 is 5.32 Å². The zero-order valence-electron chi connectivity index (χ0n) is 12.5. The van der Waals surface area contributed by atoms with Gasteiger partial charge in [-0.05, 0) is 31.9 Å². The zero-order valence-corrected chi connectivity index (χ0v) is 15.6. The van der Waals surface area contributed by atoms with Crippen molar-refractivity contribution in [3.63, 3.8) is 0 Å². The monoisotopic (exact) mass is 495 g/mol. The predicted molar refractivity (Wildman–Crippen MR) is 89.5 cm³/mol. The molecule has 0 saturated carbocycles. The summed E-state index contributed by atoms with van der Waals surface area (Å²) in [6.07, 6.45) is 1.28. The Labute approximate surface area is 159 Å². The summed E-state index contributed by atoms with van der Waals surface area (Å²) in [4.78, 5) is 12.1. The topological polar surface area (TPSA) is 75.6 Å². The second-order valence-electron chi connectivity index (χ2n) is 5.00. The van der Waals surface area contributed by atoms with Crippen LogP contribution in [0.15, 0.2) is 27.4 Å². The number of H-pyrrole nitrogens is 1. The molecule has 0 spiro atoms. The van der Waals surface area contributed by atoms with Crippen LogP contribution in [0.4, 0.5) is 23.4 Å². The van der Waals surface area contributed by atoms with Gasteiger partial charge in [-0.25, -0.2) is 17.6 Å². The molecule has 0 atom stereocenters. The van der Waals surface area contributed by atoms with Crippen LogP contribution in [0.25, 0.3) is 0 Å². The Hall–Kier alpha value is -2.21. The number of amides is 1. The lowest BCUT2D eigenvalue weighted by molar-refractivity contribution is 0.102. The molecule has 0 aliphatic heterocycles. The maximum absolute atomic E-state index is 13.7. The number of rotatable bonds is 4. The highest BCUT2D eigenvalue weighted by atomic mass is 79.9. The number of hydrogen-bond acceptors (Lipinski definition) is 3. The first kappa shape index (κ1) is 18.6. The molecule has 3 rings (SSSR count). The Morgan fingerprint density at radius 3 is 2.42 bits per heavy atom. The van der Waals surface area contributed by atoms with E-state index in [-0.39, 0.29) is 17.6 Å². The molecule has 0 bridgehead atoms. The van der Waals surface area contributed by atoms with Crippen molar-refractivity contribution in [1.29, 1.82) is 0 Å². The van der Waals surface area contributed by atoms with Crippen molar-refractivity contribution in [2.45, 2.75) is 6.54 Å². The molecule has 0 radical (unpaired) electrons. The van der Waals surface area contributed by atoms with Crippen LogP contribution >= 0.6 is 31.9 Å². The molecule has 2 heterocycles. The summed E-state index contributed by atoms with van der Waals surface area (Å²) >= 11 is 6.30. The molecule has 1 amide bonds. The van der Waals surface area contributed by atoms with Gasteiger partial charge < -0.3 is 5.32 Å². The molecule has 136 valence electrons. The average Bonchev–Trinajstić information content (AvgIpc) is 3.17. The Morgan fingerprint density at radius 1 is 1.19 bits per heavy atom. The fraction of sp³-hybridized carbons (Fsp3) is 0.0714. The van der Waals surface area contributed by atoms with Gasteiger partial charge in [0.1, 0.15) is 4.60 Å². The molecule has 6 nitrogen and oxygen atoms in total. The molecule has 0 saturated heterocycles. The van der Waals surface area contributed by atoms with E-state index in [1.807, 2.05) is 0 Å². The standard InChI is InChI=1S/C14H7Br2F4N5O/c15-9-12(22-23-13(9)16)14(26)21-8-1-2-25(24-8)4-5-10(19)6(17)3-7(18)11(5)20/h1-3H,4H2,(H,22,23)(H,21,24,26). The molecular weight excluding hydrogens is 490 g/mol. The summed E-state index contributed by atoms with van der Waals surface area (Å²) in [5.74, 6) is -6.57. The van der Waals surface area contributed by atoms with Gasteiger partial charge in [0, 0.05) is 18.3 Å². The second kappa shape index (κ2) is 7.19. The van der Waals surface area contributed by atoms with Crippen LogP contribution in [-0.4, -0.2) is 25.9 Å². The number of aromatic nitrogens is 4.